The quantitative estimate of drug-likeness (QED) is 0.765. The third kappa shape index (κ3) is 5.16. The summed E-state index contributed by atoms with van der Waals surface area (Å²) in [6, 6.07) is 14.3. The van der Waals surface area contributed by atoms with Crippen LogP contribution in [0.5, 0.6) is 17.2 Å². The minimum absolute atomic E-state index is 0.121. The summed E-state index contributed by atoms with van der Waals surface area (Å²) in [7, 11) is 1.59. The van der Waals surface area contributed by atoms with Gasteiger partial charge in [-0.15, -0.1) is 0 Å². The standard InChI is InChI=1S/C21H24N2O5/c1-14(24)23-18(15-7-9-16(26-2)10-8-15)11-21(25)22-12-17-13-27-19-5-3-4-6-20(19)28-17/h3-10,17-18H,11-13H2,1-2H3,(H,22,25)(H,23,24)/t17-,18-/m1/s1. The molecule has 0 spiro atoms. The van der Waals surface area contributed by atoms with Gasteiger partial charge in [-0.25, -0.2) is 0 Å². The fraction of sp³-hybridized carbons (Fsp3) is 0.333. The molecular formula is C21H24N2O5. The van der Waals surface area contributed by atoms with Crippen molar-refractivity contribution in [3.8, 4) is 17.2 Å². The van der Waals surface area contributed by atoms with Crippen LogP contribution in [0.15, 0.2) is 48.5 Å². The first-order chi connectivity index (χ1) is 13.5. The number of carbonyl (C=O) groups excluding carboxylic acids is 2. The number of nitrogens with one attached hydrogen (secondary N) is 2. The number of ether oxygens (including phenoxy) is 3. The van der Waals surface area contributed by atoms with Crippen LogP contribution in [0.3, 0.4) is 0 Å². The molecule has 2 N–H and O–H groups in total. The molecule has 148 valence electrons. The van der Waals surface area contributed by atoms with Gasteiger partial charge >= 0.3 is 0 Å². The van der Waals surface area contributed by atoms with E-state index in [9.17, 15) is 9.59 Å². The maximum Gasteiger partial charge on any atom is 0.222 e. The zero-order valence-corrected chi connectivity index (χ0v) is 15.9. The second kappa shape index (κ2) is 9.12. The maximum atomic E-state index is 12.4. The van der Waals surface area contributed by atoms with Crippen LogP contribution < -0.4 is 24.8 Å². The molecule has 3 rings (SSSR count). The molecule has 0 fully saturated rings. The third-order valence-electron chi connectivity index (χ3n) is 4.38. The van der Waals surface area contributed by atoms with Crippen LogP contribution in [-0.2, 0) is 9.59 Å². The van der Waals surface area contributed by atoms with E-state index >= 15 is 0 Å². The number of amides is 2. The van der Waals surface area contributed by atoms with Gasteiger partial charge in [0.15, 0.2) is 11.5 Å². The molecule has 28 heavy (non-hydrogen) atoms. The van der Waals surface area contributed by atoms with E-state index in [-0.39, 0.29) is 24.3 Å². The van der Waals surface area contributed by atoms with E-state index in [1.54, 1.807) is 19.2 Å². The van der Waals surface area contributed by atoms with E-state index in [2.05, 4.69) is 10.6 Å². The molecule has 0 bridgehead atoms. The van der Waals surface area contributed by atoms with Crippen molar-refractivity contribution >= 4 is 11.8 Å². The van der Waals surface area contributed by atoms with Gasteiger partial charge in [0.1, 0.15) is 18.5 Å². The van der Waals surface area contributed by atoms with E-state index in [4.69, 9.17) is 14.2 Å². The number of methoxy groups -OCH3 is 1. The van der Waals surface area contributed by atoms with Gasteiger partial charge in [0.25, 0.3) is 0 Å². The second-order valence-corrected chi connectivity index (χ2v) is 6.53. The molecule has 7 nitrogen and oxygen atoms in total. The molecule has 0 saturated heterocycles. The Kier molecular flexibility index (Phi) is 6.37. The van der Waals surface area contributed by atoms with Gasteiger partial charge in [0, 0.05) is 6.92 Å². The molecule has 7 heteroatoms. The average Bonchev–Trinajstić information content (AvgIpc) is 2.71. The third-order valence-corrected chi connectivity index (χ3v) is 4.38. The minimum Gasteiger partial charge on any atom is -0.497 e. The lowest BCUT2D eigenvalue weighted by atomic mass is 10.0. The number of hydrogen-bond donors (Lipinski definition) is 2. The van der Waals surface area contributed by atoms with E-state index in [0.29, 0.717) is 30.4 Å². The van der Waals surface area contributed by atoms with Gasteiger partial charge < -0.3 is 24.8 Å². The Morgan fingerprint density at radius 3 is 2.54 bits per heavy atom. The first-order valence-corrected chi connectivity index (χ1v) is 9.11. The van der Waals surface area contributed by atoms with Gasteiger partial charge in [-0.3, -0.25) is 9.59 Å². The van der Waals surface area contributed by atoms with Crippen molar-refractivity contribution in [3.63, 3.8) is 0 Å². The Morgan fingerprint density at radius 2 is 1.86 bits per heavy atom. The van der Waals surface area contributed by atoms with Crippen LogP contribution in [0.1, 0.15) is 24.9 Å². The van der Waals surface area contributed by atoms with Crippen molar-refractivity contribution in [1.82, 2.24) is 10.6 Å². The molecule has 0 aliphatic carbocycles. The van der Waals surface area contributed by atoms with Crippen LogP contribution >= 0.6 is 0 Å². The first-order valence-electron chi connectivity index (χ1n) is 9.11. The molecule has 0 saturated carbocycles. The largest absolute Gasteiger partial charge is 0.497 e. The number of fused-ring (bicyclic) bond motifs is 1. The average molecular weight is 384 g/mol. The number of hydrogen-bond acceptors (Lipinski definition) is 5. The second-order valence-electron chi connectivity index (χ2n) is 6.53. The van der Waals surface area contributed by atoms with Crippen molar-refractivity contribution in [2.75, 3.05) is 20.3 Å². The van der Waals surface area contributed by atoms with E-state index < -0.39 is 6.04 Å². The predicted molar refractivity (Wildman–Crippen MR) is 104 cm³/mol. The summed E-state index contributed by atoms with van der Waals surface area (Å²) < 4.78 is 16.6. The summed E-state index contributed by atoms with van der Waals surface area (Å²) in [6.45, 7) is 2.12. The Bertz CT molecular complexity index is 822. The summed E-state index contributed by atoms with van der Waals surface area (Å²) in [6.07, 6.45) is -0.144. The Labute approximate surface area is 164 Å². The van der Waals surface area contributed by atoms with Gasteiger partial charge in [-0.05, 0) is 29.8 Å². The minimum atomic E-state index is -0.423. The molecule has 0 unspecified atom stereocenters. The van der Waals surface area contributed by atoms with Crippen LogP contribution in [0, 0.1) is 0 Å². The molecule has 1 aliphatic heterocycles. The first kappa shape index (κ1) is 19.5. The van der Waals surface area contributed by atoms with Gasteiger partial charge in [0.05, 0.1) is 26.1 Å². The number of para-hydroxylation sites is 2. The van der Waals surface area contributed by atoms with Crippen molar-refractivity contribution in [2.45, 2.75) is 25.5 Å². The van der Waals surface area contributed by atoms with Crippen LogP contribution in [0.4, 0.5) is 0 Å². The lowest BCUT2D eigenvalue weighted by Crippen LogP contribution is -2.41. The highest BCUT2D eigenvalue weighted by Gasteiger charge is 2.22. The lowest BCUT2D eigenvalue weighted by Gasteiger charge is -2.27. The fourth-order valence-corrected chi connectivity index (χ4v) is 2.98. The van der Waals surface area contributed by atoms with E-state index in [1.807, 2.05) is 36.4 Å². The number of benzene rings is 2. The van der Waals surface area contributed by atoms with Gasteiger partial charge in [-0.2, -0.15) is 0 Å². The molecule has 2 aromatic carbocycles. The molecule has 1 aliphatic rings. The fourth-order valence-electron chi connectivity index (χ4n) is 2.98. The lowest BCUT2D eigenvalue weighted by molar-refractivity contribution is -0.123. The number of rotatable bonds is 7. The van der Waals surface area contributed by atoms with Crippen molar-refractivity contribution in [1.29, 1.82) is 0 Å². The SMILES string of the molecule is COc1ccc([C@@H](CC(=O)NC[C@@H]2COc3ccccc3O2)NC(C)=O)cc1. The molecule has 0 aromatic heterocycles. The highest BCUT2D eigenvalue weighted by molar-refractivity contribution is 5.79. The monoisotopic (exact) mass is 384 g/mol. The van der Waals surface area contributed by atoms with Gasteiger partial charge in [-0.1, -0.05) is 24.3 Å². The van der Waals surface area contributed by atoms with Gasteiger partial charge in [0.2, 0.25) is 11.8 Å². The molecule has 0 radical (unpaired) electrons. The van der Waals surface area contributed by atoms with E-state index in [0.717, 1.165) is 5.56 Å². The molecule has 1 heterocycles. The summed E-state index contributed by atoms with van der Waals surface area (Å²) in [5, 5.41) is 5.68. The number of carbonyl (C=O) groups is 2. The molecular weight excluding hydrogens is 360 g/mol. The zero-order valence-electron chi connectivity index (χ0n) is 15.9. The topological polar surface area (TPSA) is 85.9 Å². The van der Waals surface area contributed by atoms with Crippen molar-refractivity contribution in [3.05, 3.63) is 54.1 Å². The Morgan fingerprint density at radius 1 is 1.14 bits per heavy atom. The molecule has 2 aromatic rings. The highest BCUT2D eigenvalue weighted by atomic mass is 16.6. The zero-order chi connectivity index (χ0) is 19.9. The summed E-state index contributed by atoms with van der Waals surface area (Å²) in [5.74, 6) is 1.70. The van der Waals surface area contributed by atoms with Crippen LogP contribution in [0.25, 0.3) is 0 Å². The maximum absolute atomic E-state index is 12.4. The van der Waals surface area contributed by atoms with Crippen molar-refractivity contribution < 1.29 is 23.8 Å². The normalized spacial score (nSPS) is 16.0. The highest BCUT2D eigenvalue weighted by Crippen LogP contribution is 2.30. The van der Waals surface area contributed by atoms with Crippen LogP contribution in [-0.4, -0.2) is 38.2 Å². The summed E-state index contributed by atoms with van der Waals surface area (Å²) in [5.41, 5.74) is 0.831. The van der Waals surface area contributed by atoms with Crippen molar-refractivity contribution in [2.24, 2.45) is 0 Å². The summed E-state index contributed by atoms with van der Waals surface area (Å²) >= 11 is 0. The molecule has 2 amide bonds. The molecule has 2 atom stereocenters. The predicted octanol–water partition coefficient (Wildman–Crippen LogP) is 2.22. The Balaban J connectivity index is 1.55. The summed E-state index contributed by atoms with van der Waals surface area (Å²) in [4.78, 5) is 24.0. The smallest absolute Gasteiger partial charge is 0.222 e. The van der Waals surface area contributed by atoms with Crippen LogP contribution in [0.2, 0.25) is 0 Å². The van der Waals surface area contributed by atoms with E-state index in [1.165, 1.54) is 6.92 Å². The Hall–Kier alpha value is -3.22.